The third kappa shape index (κ3) is 4.58. The number of hydrogen-bond acceptors (Lipinski definition) is 6. The molecular weight excluding hydrogens is 456 g/mol. The number of urea groups is 1. The Kier molecular flexibility index (Phi) is 6.73. The standard InChI is InChI=1S/C27H32N6O3/c1-18(2)33-25-23(19(3)31(27(33)35)14-7-15-34)32(16-20-8-5-4-6-9-20)24(30-25)22-26(29-13-12-28-22)36-17-21-10-11-21/h4-6,8-9,12-13,18,21,34H,3,7,10-11,14-17H2,1-2H3. The number of aliphatic hydroxyl groups excluding tert-OH is 1. The Bertz CT molecular complexity index is 1250. The molecule has 1 aromatic carbocycles. The molecule has 1 aliphatic heterocycles. The summed E-state index contributed by atoms with van der Waals surface area (Å²) in [6.07, 6.45) is 6.04. The van der Waals surface area contributed by atoms with Crippen molar-refractivity contribution in [1.29, 1.82) is 0 Å². The predicted octanol–water partition coefficient (Wildman–Crippen LogP) is 4.18. The second-order valence-corrected chi connectivity index (χ2v) is 9.57. The van der Waals surface area contributed by atoms with E-state index in [1.807, 2.05) is 32.0 Å². The number of aliphatic hydroxyl groups is 1. The molecule has 36 heavy (non-hydrogen) atoms. The number of amides is 2. The third-order valence-electron chi connectivity index (χ3n) is 6.48. The van der Waals surface area contributed by atoms with Crippen LogP contribution >= 0.6 is 0 Å². The Labute approximate surface area is 211 Å². The van der Waals surface area contributed by atoms with Gasteiger partial charge >= 0.3 is 6.03 Å². The van der Waals surface area contributed by atoms with Crippen molar-refractivity contribution in [2.45, 2.75) is 45.7 Å². The van der Waals surface area contributed by atoms with Crippen LogP contribution in [0.4, 0.5) is 10.6 Å². The number of hydrogen-bond donors (Lipinski definition) is 1. The summed E-state index contributed by atoms with van der Waals surface area (Å²) in [4.78, 5) is 30.9. The normalized spacial score (nSPS) is 15.6. The van der Waals surface area contributed by atoms with Gasteiger partial charge in [-0.2, -0.15) is 0 Å². The van der Waals surface area contributed by atoms with Gasteiger partial charge in [0.25, 0.3) is 0 Å². The van der Waals surface area contributed by atoms with Gasteiger partial charge in [-0.15, -0.1) is 0 Å². The van der Waals surface area contributed by atoms with Crippen LogP contribution in [0.5, 0.6) is 5.88 Å². The maximum absolute atomic E-state index is 13.5. The van der Waals surface area contributed by atoms with E-state index in [-0.39, 0.29) is 18.7 Å². The molecule has 1 aliphatic carbocycles. The fraction of sp³-hybridized carbons (Fsp3) is 0.407. The Morgan fingerprint density at radius 3 is 2.61 bits per heavy atom. The lowest BCUT2D eigenvalue weighted by Crippen LogP contribution is -2.50. The molecular formula is C27H32N6O3. The number of rotatable bonds is 10. The molecule has 1 N–H and O–H groups in total. The smallest absolute Gasteiger partial charge is 0.330 e. The van der Waals surface area contributed by atoms with Crippen LogP contribution in [0, 0.1) is 5.92 Å². The van der Waals surface area contributed by atoms with Crippen molar-refractivity contribution >= 4 is 17.5 Å². The lowest BCUT2D eigenvalue weighted by molar-refractivity contribution is 0.214. The highest BCUT2D eigenvalue weighted by Crippen LogP contribution is 2.41. The monoisotopic (exact) mass is 488 g/mol. The van der Waals surface area contributed by atoms with Crippen LogP contribution in [0.3, 0.4) is 0 Å². The second kappa shape index (κ2) is 10.1. The molecule has 3 heterocycles. The van der Waals surface area contributed by atoms with Crippen LogP contribution in [-0.4, -0.2) is 61.4 Å². The number of anilines is 1. The third-order valence-corrected chi connectivity index (χ3v) is 6.48. The van der Waals surface area contributed by atoms with Crippen LogP contribution < -0.4 is 9.64 Å². The summed E-state index contributed by atoms with van der Waals surface area (Å²) >= 11 is 0. The highest BCUT2D eigenvalue weighted by molar-refractivity contribution is 6.03. The summed E-state index contributed by atoms with van der Waals surface area (Å²) in [6, 6.07) is 9.75. The lowest BCUT2D eigenvalue weighted by Gasteiger charge is -2.38. The van der Waals surface area contributed by atoms with Gasteiger partial charge in [-0.1, -0.05) is 36.9 Å². The van der Waals surface area contributed by atoms with Gasteiger partial charge in [-0.05, 0) is 44.6 Å². The van der Waals surface area contributed by atoms with E-state index in [4.69, 9.17) is 9.72 Å². The van der Waals surface area contributed by atoms with Gasteiger partial charge in [0.15, 0.2) is 17.3 Å². The van der Waals surface area contributed by atoms with Gasteiger partial charge < -0.3 is 14.4 Å². The van der Waals surface area contributed by atoms with E-state index in [0.29, 0.717) is 60.9 Å². The summed E-state index contributed by atoms with van der Waals surface area (Å²) in [7, 11) is 0. The van der Waals surface area contributed by atoms with Gasteiger partial charge in [-0.3, -0.25) is 9.80 Å². The Balaban J connectivity index is 1.67. The topological polar surface area (TPSA) is 96.6 Å². The van der Waals surface area contributed by atoms with Crippen LogP contribution in [-0.2, 0) is 6.54 Å². The zero-order valence-corrected chi connectivity index (χ0v) is 20.8. The Morgan fingerprint density at radius 1 is 1.17 bits per heavy atom. The van der Waals surface area contributed by atoms with E-state index in [9.17, 15) is 9.90 Å². The molecule has 0 atom stereocenters. The largest absolute Gasteiger partial charge is 0.476 e. The Morgan fingerprint density at radius 2 is 1.92 bits per heavy atom. The number of imidazole rings is 1. The first-order valence-corrected chi connectivity index (χ1v) is 12.5. The second-order valence-electron chi connectivity index (χ2n) is 9.57. The zero-order valence-electron chi connectivity index (χ0n) is 20.8. The molecule has 0 radical (unpaired) electrons. The zero-order chi connectivity index (χ0) is 25.2. The number of ether oxygens (including phenoxy) is 1. The van der Waals surface area contributed by atoms with E-state index in [2.05, 4.69) is 33.2 Å². The fourth-order valence-corrected chi connectivity index (χ4v) is 4.45. The molecule has 9 heteroatoms. The maximum Gasteiger partial charge on any atom is 0.330 e. The SMILES string of the molecule is C=C1c2c(nc(-c3nccnc3OCC3CC3)n2Cc2ccccc2)N(C(C)C)C(=O)N1CCCO. The minimum atomic E-state index is -0.198. The van der Waals surface area contributed by atoms with Crippen LogP contribution in [0.15, 0.2) is 49.3 Å². The van der Waals surface area contributed by atoms with Crippen molar-refractivity contribution in [3.63, 3.8) is 0 Å². The molecule has 0 saturated heterocycles. The Hall–Kier alpha value is -3.72. The molecule has 3 aromatic rings. The first kappa shape index (κ1) is 24.0. The van der Waals surface area contributed by atoms with Crippen molar-refractivity contribution in [3.05, 3.63) is 60.6 Å². The van der Waals surface area contributed by atoms with Crippen LogP contribution in [0.1, 0.15) is 44.4 Å². The minimum absolute atomic E-state index is 0.0125. The summed E-state index contributed by atoms with van der Waals surface area (Å²) in [5, 5.41) is 9.44. The van der Waals surface area contributed by atoms with Gasteiger partial charge in [0.2, 0.25) is 5.88 Å². The average Bonchev–Trinajstić information content (AvgIpc) is 3.64. The molecule has 188 valence electrons. The quantitative estimate of drug-likeness (QED) is 0.460. The molecule has 1 fully saturated rings. The minimum Gasteiger partial charge on any atom is -0.476 e. The number of carbonyl (C=O) groups is 1. The van der Waals surface area contributed by atoms with E-state index >= 15 is 0 Å². The summed E-state index contributed by atoms with van der Waals surface area (Å²) < 4.78 is 8.13. The van der Waals surface area contributed by atoms with Gasteiger partial charge in [0.05, 0.1) is 12.3 Å². The first-order chi connectivity index (χ1) is 17.5. The molecule has 9 nitrogen and oxygen atoms in total. The maximum atomic E-state index is 13.5. The highest BCUT2D eigenvalue weighted by atomic mass is 16.5. The van der Waals surface area contributed by atoms with E-state index in [1.165, 1.54) is 12.8 Å². The number of carbonyl (C=O) groups excluding carboxylic acids is 1. The van der Waals surface area contributed by atoms with Crippen molar-refractivity contribution in [1.82, 2.24) is 24.4 Å². The van der Waals surface area contributed by atoms with Crippen LogP contribution in [0.25, 0.3) is 17.2 Å². The molecule has 1 saturated carbocycles. The molecule has 2 aromatic heterocycles. The average molecular weight is 489 g/mol. The highest BCUT2D eigenvalue weighted by Gasteiger charge is 2.40. The predicted molar refractivity (Wildman–Crippen MR) is 137 cm³/mol. The number of benzene rings is 1. The van der Waals surface area contributed by atoms with Crippen LogP contribution in [0.2, 0.25) is 0 Å². The first-order valence-electron chi connectivity index (χ1n) is 12.5. The molecule has 2 aliphatic rings. The number of fused-ring (bicyclic) bond motifs is 1. The number of nitrogens with zero attached hydrogens (tertiary/aromatic N) is 6. The van der Waals surface area contributed by atoms with Gasteiger partial charge in [0, 0.05) is 38.1 Å². The molecule has 2 amide bonds. The summed E-state index contributed by atoms with van der Waals surface area (Å²) in [5.74, 6) is 2.12. The van der Waals surface area contributed by atoms with Gasteiger partial charge in [-0.25, -0.2) is 19.7 Å². The van der Waals surface area contributed by atoms with Crippen molar-refractivity contribution in [2.24, 2.45) is 5.92 Å². The molecule has 0 unspecified atom stereocenters. The molecule has 5 rings (SSSR count). The summed E-state index contributed by atoms with van der Waals surface area (Å²) in [6.45, 7) is 9.68. The van der Waals surface area contributed by atoms with E-state index < -0.39 is 0 Å². The van der Waals surface area contributed by atoms with Gasteiger partial charge in [0.1, 0.15) is 5.69 Å². The van der Waals surface area contributed by atoms with E-state index in [1.54, 1.807) is 22.2 Å². The lowest BCUT2D eigenvalue weighted by atomic mass is 10.1. The van der Waals surface area contributed by atoms with E-state index in [0.717, 1.165) is 11.3 Å². The van der Waals surface area contributed by atoms with Crippen molar-refractivity contribution in [3.8, 4) is 17.4 Å². The summed E-state index contributed by atoms with van der Waals surface area (Å²) in [5.41, 5.74) is 2.92. The molecule has 0 bridgehead atoms. The van der Waals surface area contributed by atoms with Crippen molar-refractivity contribution < 1.29 is 14.6 Å². The van der Waals surface area contributed by atoms with Crippen molar-refractivity contribution in [2.75, 3.05) is 24.7 Å². The number of aromatic nitrogens is 4. The fourth-order valence-electron chi connectivity index (χ4n) is 4.45. The molecule has 0 spiro atoms.